The van der Waals surface area contributed by atoms with Crippen LogP contribution in [0.5, 0.6) is 0 Å². The Morgan fingerprint density at radius 2 is 2.05 bits per heavy atom. The van der Waals surface area contributed by atoms with Gasteiger partial charge in [-0.05, 0) is 31.0 Å². The van der Waals surface area contributed by atoms with Gasteiger partial charge in [0.2, 0.25) is 0 Å². The van der Waals surface area contributed by atoms with Crippen molar-refractivity contribution in [3.63, 3.8) is 0 Å². The van der Waals surface area contributed by atoms with E-state index in [-0.39, 0.29) is 12.2 Å². The van der Waals surface area contributed by atoms with Gasteiger partial charge in [-0.1, -0.05) is 24.3 Å². The zero-order valence-corrected chi connectivity index (χ0v) is 11.8. The highest BCUT2D eigenvalue weighted by atomic mass is 16.6. The minimum Gasteiger partial charge on any atom is -0.446 e. The zero-order valence-electron chi connectivity index (χ0n) is 11.8. The number of rotatable bonds is 4. The number of piperidine rings is 1. The minimum absolute atomic E-state index is 0.0338. The van der Waals surface area contributed by atoms with Crippen LogP contribution in [-0.2, 0) is 11.3 Å². The van der Waals surface area contributed by atoms with Crippen LogP contribution in [0, 0.1) is 5.41 Å². The number of carbonyl (C=O) groups is 1. The van der Waals surface area contributed by atoms with E-state index in [4.69, 9.17) is 10.1 Å². The van der Waals surface area contributed by atoms with E-state index in [2.05, 4.69) is 17.3 Å². The molecule has 1 heterocycles. The molecule has 5 heteroatoms. The van der Waals surface area contributed by atoms with E-state index in [9.17, 15) is 4.79 Å². The van der Waals surface area contributed by atoms with Gasteiger partial charge in [0.15, 0.2) is 0 Å². The lowest BCUT2D eigenvalue weighted by Crippen LogP contribution is -2.37. The minimum atomic E-state index is -0.351. The molecule has 1 fully saturated rings. The third-order valence-corrected chi connectivity index (χ3v) is 3.52. The monoisotopic (exact) mass is 275 g/mol. The number of hydrogen-bond donors (Lipinski definition) is 2. The third kappa shape index (κ3) is 4.35. The number of amides is 1. The van der Waals surface area contributed by atoms with Crippen molar-refractivity contribution in [1.82, 2.24) is 10.2 Å². The van der Waals surface area contributed by atoms with Gasteiger partial charge in [0.05, 0.1) is 0 Å². The highest BCUT2D eigenvalue weighted by molar-refractivity contribution is 5.76. The highest BCUT2D eigenvalue weighted by Crippen LogP contribution is 2.12. The molecule has 0 bridgehead atoms. The number of hydrogen-bond acceptors (Lipinski definition) is 4. The molecule has 0 aromatic heterocycles. The molecule has 108 valence electrons. The molecule has 1 aromatic carbocycles. The molecule has 0 spiro atoms. The van der Waals surface area contributed by atoms with E-state index >= 15 is 0 Å². The Hall–Kier alpha value is -1.88. The smallest absolute Gasteiger partial charge is 0.407 e. The standard InChI is InChI=1S/C15H21N3O2/c1-18-8-6-14(7-9-18)20-15(19)17-11-13-4-2-12(10-16)3-5-13/h2-5,10,14,16H,6-9,11H2,1H3,(H,17,19). The first-order valence-corrected chi connectivity index (χ1v) is 6.90. The van der Waals surface area contributed by atoms with Crippen LogP contribution in [0.2, 0.25) is 0 Å². The van der Waals surface area contributed by atoms with E-state index in [0.29, 0.717) is 6.54 Å². The zero-order chi connectivity index (χ0) is 14.4. The molecule has 1 aromatic rings. The fraction of sp³-hybridized carbons (Fsp3) is 0.467. The molecule has 2 N–H and O–H groups in total. The molecule has 1 amide bonds. The molecular formula is C15H21N3O2. The maximum atomic E-state index is 11.7. The van der Waals surface area contributed by atoms with E-state index in [1.807, 2.05) is 24.3 Å². The second-order valence-electron chi connectivity index (χ2n) is 5.15. The van der Waals surface area contributed by atoms with Crippen LogP contribution in [0.3, 0.4) is 0 Å². The van der Waals surface area contributed by atoms with Crippen LogP contribution < -0.4 is 5.32 Å². The van der Waals surface area contributed by atoms with Crippen molar-refractivity contribution in [2.75, 3.05) is 20.1 Å². The van der Waals surface area contributed by atoms with E-state index in [1.165, 1.54) is 6.21 Å². The Balaban J connectivity index is 1.72. The van der Waals surface area contributed by atoms with E-state index < -0.39 is 0 Å². The van der Waals surface area contributed by atoms with Crippen molar-refractivity contribution in [1.29, 1.82) is 5.41 Å². The number of likely N-dealkylation sites (tertiary alicyclic amines) is 1. The lowest BCUT2D eigenvalue weighted by molar-refractivity contribution is 0.0569. The maximum Gasteiger partial charge on any atom is 0.407 e. The van der Waals surface area contributed by atoms with Crippen LogP contribution in [0.25, 0.3) is 0 Å². The summed E-state index contributed by atoms with van der Waals surface area (Å²) in [6.07, 6.45) is 2.78. The summed E-state index contributed by atoms with van der Waals surface area (Å²) in [4.78, 5) is 13.9. The summed E-state index contributed by atoms with van der Waals surface area (Å²) in [7, 11) is 2.08. The normalized spacial score (nSPS) is 16.6. The molecular weight excluding hydrogens is 254 g/mol. The second-order valence-corrected chi connectivity index (χ2v) is 5.15. The molecule has 0 unspecified atom stereocenters. The molecule has 0 saturated carbocycles. The van der Waals surface area contributed by atoms with Crippen LogP contribution in [-0.4, -0.2) is 43.4 Å². The van der Waals surface area contributed by atoms with Gasteiger partial charge in [-0.15, -0.1) is 0 Å². The van der Waals surface area contributed by atoms with Gasteiger partial charge >= 0.3 is 6.09 Å². The van der Waals surface area contributed by atoms with Crippen LogP contribution in [0.1, 0.15) is 24.0 Å². The lowest BCUT2D eigenvalue weighted by atomic mass is 10.1. The number of benzene rings is 1. The van der Waals surface area contributed by atoms with E-state index in [0.717, 1.165) is 37.1 Å². The summed E-state index contributed by atoms with van der Waals surface area (Å²) in [5.74, 6) is 0. The van der Waals surface area contributed by atoms with Crippen LogP contribution in [0.15, 0.2) is 24.3 Å². The second kappa shape index (κ2) is 7.05. The Bertz CT molecular complexity index is 451. The number of alkyl carbamates (subject to hydrolysis) is 1. The van der Waals surface area contributed by atoms with Crippen molar-refractivity contribution in [3.05, 3.63) is 35.4 Å². The van der Waals surface area contributed by atoms with Crippen molar-refractivity contribution >= 4 is 12.3 Å². The molecule has 5 nitrogen and oxygen atoms in total. The summed E-state index contributed by atoms with van der Waals surface area (Å²) in [5, 5.41) is 9.89. The topological polar surface area (TPSA) is 65.4 Å². The summed E-state index contributed by atoms with van der Waals surface area (Å²) < 4.78 is 5.39. The molecule has 2 rings (SSSR count). The van der Waals surface area contributed by atoms with Gasteiger partial charge in [0.1, 0.15) is 6.10 Å². The number of nitrogens with zero attached hydrogens (tertiary/aromatic N) is 1. The summed E-state index contributed by atoms with van der Waals surface area (Å²) >= 11 is 0. The third-order valence-electron chi connectivity index (χ3n) is 3.52. The van der Waals surface area contributed by atoms with Gasteiger partial charge in [-0.3, -0.25) is 0 Å². The van der Waals surface area contributed by atoms with Crippen molar-refractivity contribution < 1.29 is 9.53 Å². The number of ether oxygens (including phenoxy) is 1. The number of carbonyl (C=O) groups excluding carboxylic acids is 1. The fourth-order valence-electron chi connectivity index (χ4n) is 2.20. The number of nitrogens with one attached hydrogen (secondary N) is 2. The molecule has 0 aliphatic carbocycles. The molecule has 0 atom stereocenters. The van der Waals surface area contributed by atoms with Gasteiger partial charge in [-0.2, -0.15) is 0 Å². The highest BCUT2D eigenvalue weighted by Gasteiger charge is 2.19. The molecule has 20 heavy (non-hydrogen) atoms. The van der Waals surface area contributed by atoms with E-state index in [1.54, 1.807) is 0 Å². The van der Waals surface area contributed by atoms with Crippen molar-refractivity contribution in [2.45, 2.75) is 25.5 Å². The quantitative estimate of drug-likeness (QED) is 0.826. The van der Waals surface area contributed by atoms with Crippen molar-refractivity contribution in [2.24, 2.45) is 0 Å². The Morgan fingerprint density at radius 1 is 1.40 bits per heavy atom. The first kappa shape index (κ1) is 14.5. The molecule has 0 radical (unpaired) electrons. The lowest BCUT2D eigenvalue weighted by Gasteiger charge is -2.28. The summed E-state index contributed by atoms with van der Waals surface area (Å²) in [5.41, 5.74) is 1.85. The maximum absolute atomic E-state index is 11.7. The Labute approximate surface area is 119 Å². The van der Waals surface area contributed by atoms with Gasteiger partial charge in [-0.25, -0.2) is 4.79 Å². The Morgan fingerprint density at radius 3 is 2.65 bits per heavy atom. The van der Waals surface area contributed by atoms with Crippen LogP contribution in [0.4, 0.5) is 4.79 Å². The van der Waals surface area contributed by atoms with Gasteiger partial charge in [0, 0.05) is 25.8 Å². The predicted octanol–water partition coefficient (Wildman–Crippen LogP) is 2.00. The summed E-state index contributed by atoms with van der Waals surface area (Å²) in [6, 6.07) is 7.51. The SMILES string of the molecule is CN1CCC(OC(=O)NCc2ccc(C=N)cc2)CC1. The first-order valence-electron chi connectivity index (χ1n) is 6.90. The predicted molar refractivity (Wildman–Crippen MR) is 78.2 cm³/mol. The van der Waals surface area contributed by atoms with Gasteiger partial charge in [0.25, 0.3) is 0 Å². The van der Waals surface area contributed by atoms with Crippen LogP contribution >= 0.6 is 0 Å². The Kier molecular flexibility index (Phi) is 5.12. The van der Waals surface area contributed by atoms with Gasteiger partial charge < -0.3 is 20.4 Å². The molecule has 1 aliphatic rings. The fourth-order valence-corrected chi connectivity index (χ4v) is 2.20. The first-order chi connectivity index (χ1) is 9.67. The average molecular weight is 275 g/mol. The molecule has 1 saturated heterocycles. The summed E-state index contributed by atoms with van der Waals surface area (Å²) in [6.45, 7) is 2.40. The largest absolute Gasteiger partial charge is 0.446 e. The van der Waals surface area contributed by atoms with Crippen molar-refractivity contribution in [3.8, 4) is 0 Å². The molecule has 1 aliphatic heterocycles. The average Bonchev–Trinajstić information content (AvgIpc) is 2.48.